The van der Waals surface area contributed by atoms with E-state index in [2.05, 4.69) is 30.5 Å². The number of para-hydroxylation sites is 1. The highest BCUT2D eigenvalue weighted by molar-refractivity contribution is 7.89. The number of aryl methyl sites for hydroxylation is 2. The Morgan fingerprint density at radius 1 is 0.976 bits per heavy atom. The third kappa shape index (κ3) is 5.05. The highest BCUT2D eigenvalue weighted by atomic mass is 32.2. The van der Waals surface area contributed by atoms with Crippen LogP contribution in [-0.4, -0.2) is 63.2 Å². The maximum Gasteiger partial charge on any atom is 0.258 e. The fourth-order valence-corrected chi connectivity index (χ4v) is 6.90. The summed E-state index contributed by atoms with van der Waals surface area (Å²) < 4.78 is 41.7. The summed E-state index contributed by atoms with van der Waals surface area (Å²) in [6, 6.07) is 19.1. The van der Waals surface area contributed by atoms with E-state index in [4.69, 9.17) is 9.47 Å². The summed E-state index contributed by atoms with van der Waals surface area (Å²) in [6.07, 6.45) is 3.90. The molecule has 0 bridgehead atoms. The first kappa shape index (κ1) is 27.3. The highest BCUT2D eigenvalue weighted by Gasteiger charge is 2.33. The topological polar surface area (TPSA) is 81.1 Å². The number of nitrogens with zero attached hydrogens (tertiary/aromatic N) is 3. The zero-order valence-electron chi connectivity index (χ0n) is 23.5. The van der Waals surface area contributed by atoms with Crippen LogP contribution in [0.4, 0.5) is 5.69 Å². The van der Waals surface area contributed by atoms with Crippen LogP contribution < -0.4 is 9.64 Å². The lowest BCUT2D eigenvalue weighted by atomic mass is 10.0. The number of fused-ring (bicyclic) bond motifs is 2. The van der Waals surface area contributed by atoms with E-state index in [0.717, 1.165) is 22.2 Å². The SMILES string of the molecule is Cc1ccc(OCCn2cc(C=C3C(=O)N(C)c4ccc(S(=O)(=O)N5CCOCC5)cc43)c3ccccc32)cc1C. The molecule has 41 heavy (non-hydrogen) atoms. The van der Waals surface area contributed by atoms with Crippen molar-refractivity contribution in [3.05, 3.63) is 89.1 Å². The zero-order valence-corrected chi connectivity index (χ0v) is 24.3. The first-order valence-corrected chi connectivity index (χ1v) is 15.2. The lowest BCUT2D eigenvalue weighted by molar-refractivity contribution is -0.112. The molecule has 1 saturated heterocycles. The number of rotatable bonds is 7. The van der Waals surface area contributed by atoms with Crippen molar-refractivity contribution in [2.24, 2.45) is 0 Å². The molecule has 0 spiro atoms. The molecule has 1 aromatic heterocycles. The Hall–Kier alpha value is -3.92. The van der Waals surface area contributed by atoms with Gasteiger partial charge in [0.1, 0.15) is 12.4 Å². The maximum atomic E-state index is 13.4. The van der Waals surface area contributed by atoms with Crippen molar-refractivity contribution < 1.29 is 22.7 Å². The molecule has 2 aliphatic rings. The average molecular weight is 572 g/mol. The van der Waals surface area contributed by atoms with Gasteiger partial charge in [0.2, 0.25) is 10.0 Å². The van der Waals surface area contributed by atoms with Gasteiger partial charge < -0.3 is 18.9 Å². The number of hydrogen-bond donors (Lipinski definition) is 0. The molecule has 0 atom stereocenters. The molecule has 0 aliphatic carbocycles. The molecule has 0 radical (unpaired) electrons. The van der Waals surface area contributed by atoms with Crippen LogP contribution in [-0.2, 0) is 26.1 Å². The Balaban J connectivity index is 1.33. The van der Waals surface area contributed by atoms with Crippen molar-refractivity contribution in [1.29, 1.82) is 0 Å². The van der Waals surface area contributed by atoms with Crippen molar-refractivity contribution in [2.45, 2.75) is 25.3 Å². The molecule has 8 nitrogen and oxygen atoms in total. The fourth-order valence-electron chi connectivity index (χ4n) is 5.46. The summed E-state index contributed by atoms with van der Waals surface area (Å²) in [5.41, 5.74) is 6.11. The van der Waals surface area contributed by atoms with Gasteiger partial charge in [-0.3, -0.25) is 4.79 Å². The summed E-state index contributed by atoms with van der Waals surface area (Å²) in [5.74, 6) is 0.668. The summed E-state index contributed by atoms with van der Waals surface area (Å²) >= 11 is 0. The van der Waals surface area contributed by atoms with Gasteiger partial charge >= 0.3 is 0 Å². The van der Waals surface area contributed by atoms with Gasteiger partial charge in [-0.2, -0.15) is 4.31 Å². The molecule has 4 aromatic rings. The van der Waals surface area contributed by atoms with Crippen molar-refractivity contribution in [2.75, 3.05) is 44.9 Å². The Morgan fingerprint density at radius 2 is 1.76 bits per heavy atom. The van der Waals surface area contributed by atoms with Crippen molar-refractivity contribution >= 4 is 44.2 Å². The molecule has 0 saturated carbocycles. The van der Waals surface area contributed by atoms with E-state index >= 15 is 0 Å². The van der Waals surface area contributed by atoms with Crippen LogP contribution in [0.2, 0.25) is 0 Å². The smallest absolute Gasteiger partial charge is 0.258 e. The monoisotopic (exact) mass is 571 g/mol. The summed E-state index contributed by atoms with van der Waals surface area (Å²) in [6.45, 7) is 6.64. The van der Waals surface area contributed by atoms with Crippen LogP contribution in [0.5, 0.6) is 5.75 Å². The van der Waals surface area contributed by atoms with Crippen molar-refractivity contribution in [3.63, 3.8) is 0 Å². The third-order valence-electron chi connectivity index (χ3n) is 7.96. The summed E-state index contributed by atoms with van der Waals surface area (Å²) in [7, 11) is -1.99. The molecule has 6 rings (SSSR count). The van der Waals surface area contributed by atoms with Gasteiger partial charge in [0.25, 0.3) is 5.91 Å². The lowest BCUT2D eigenvalue weighted by Crippen LogP contribution is -2.40. The molecule has 9 heteroatoms. The van der Waals surface area contributed by atoms with Gasteiger partial charge in [0.05, 0.1) is 30.3 Å². The molecule has 1 fully saturated rings. The molecule has 0 N–H and O–H groups in total. The van der Waals surface area contributed by atoms with Crippen molar-refractivity contribution in [1.82, 2.24) is 8.87 Å². The number of anilines is 1. The number of morpholine rings is 1. The highest BCUT2D eigenvalue weighted by Crippen LogP contribution is 2.39. The van der Waals surface area contributed by atoms with E-state index < -0.39 is 10.0 Å². The number of amides is 1. The minimum atomic E-state index is -3.71. The second-order valence-electron chi connectivity index (χ2n) is 10.5. The Bertz CT molecular complexity index is 1780. The Labute approximate surface area is 240 Å². The predicted molar refractivity (Wildman–Crippen MR) is 161 cm³/mol. The summed E-state index contributed by atoms with van der Waals surface area (Å²) in [5, 5.41) is 1.01. The third-order valence-corrected chi connectivity index (χ3v) is 9.86. The second kappa shape index (κ2) is 10.8. The van der Waals surface area contributed by atoms with Gasteiger partial charge in [-0.05, 0) is 67.4 Å². The van der Waals surface area contributed by atoms with Crippen LogP contribution >= 0.6 is 0 Å². The van der Waals surface area contributed by atoms with E-state index in [0.29, 0.717) is 56.3 Å². The van der Waals surface area contributed by atoms with E-state index in [9.17, 15) is 13.2 Å². The minimum absolute atomic E-state index is 0.171. The number of benzene rings is 3. The van der Waals surface area contributed by atoms with Crippen LogP contribution in [0, 0.1) is 13.8 Å². The molecule has 0 unspecified atom stereocenters. The van der Waals surface area contributed by atoms with Crippen LogP contribution in [0.3, 0.4) is 0 Å². The van der Waals surface area contributed by atoms with Crippen LogP contribution in [0.15, 0.2) is 71.8 Å². The normalized spacial score (nSPS) is 17.0. The molecule has 1 amide bonds. The first-order chi connectivity index (χ1) is 19.7. The number of carbonyl (C=O) groups is 1. The average Bonchev–Trinajstić information content (AvgIpc) is 3.45. The number of aromatic nitrogens is 1. The number of ether oxygens (including phenoxy) is 2. The van der Waals surface area contributed by atoms with Crippen LogP contribution in [0.25, 0.3) is 22.6 Å². The van der Waals surface area contributed by atoms with Crippen LogP contribution in [0.1, 0.15) is 22.3 Å². The van der Waals surface area contributed by atoms with Gasteiger partial charge in [-0.25, -0.2) is 8.42 Å². The largest absolute Gasteiger partial charge is 0.492 e. The van der Waals surface area contributed by atoms with Gasteiger partial charge in [0.15, 0.2) is 0 Å². The van der Waals surface area contributed by atoms with E-state index in [1.807, 2.05) is 42.6 Å². The van der Waals surface area contributed by atoms with E-state index in [-0.39, 0.29) is 10.8 Å². The van der Waals surface area contributed by atoms with Gasteiger partial charge in [-0.15, -0.1) is 0 Å². The standard InChI is InChI=1S/C32H33N3O5S/c1-22-8-9-25(18-23(22)2)40-17-12-34-21-24(27-6-4-5-7-31(27)34)19-29-28-20-26(10-11-30(28)33(3)32(29)36)41(37,38)35-13-15-39-16-14-35/h4-11,18-21H,12-17H2,1-3H3. The van der Waals surface area contributed by atoms with Gasteiger partial charge in [-0.1, -0.05) is 24.3 Å². The molecule has 212 valence electrons. The first-order valence-electron chi connectivity index (χ1n) is 13.7. The van der Waals surface area contributed by atoms with Gasteiger partial charge in [0, 0.05) is 53.9 Å². The molecule has 3 heterocycles. The zero-order chi connectivity index (χ0) is 28.7. The molecular weight excluding hydrogens is 538 g/mol. The number of sulfonamides is 1. The van der Waals surface area contributed by atoms with E-state index in [1.54, 1.807) is 30.1 Å². The second-order valence-corrected chi connectivity index (χ2v) is 12.4. The summed E-state index contributed by atoms with van der Waals surface area (Å²) in [4.78, 5) is 15.2. The maximum absolute atomic E-state index is 13.4. The molecule has 3 aromatic carbocycles. The number of likely N-dealkylation sites (N-methyl/N-ethyl adjacent to an activating group) is 1. The Morgan fingerprint density at radius 3 is 2.54 bits per heavy atom. The van der Waals surface area contributed by atoms with Crippen molar-refractivity contribution in [3.8, 4) is 5.75 Å². The number of carbonyl (C=O) groups excluding carboxylic acids is 1. The Kier molecular flexibility index (Phi) is 7.19. The molecule has 2 aliphatic heterocycles. The predicted octanol–water partition coefficient (Wildman–Crippen LogP) is 4.88. The van der Waals surface area contributed by atoms with E-state index in [1.165, 1.54) is 15.4 Å². The lowest BCUT2D eigenvalue weighted by Gasteiger charge is -2.26. The molecular formula is C32H33N3O5S. The fraction of sp³-hybridized carbons (Fsp3) is 0.281. The minimum Gasteiger partial charge on any atom is -0.492 e. The number of hydrogen-bond acceptors (Lipinski definition) is 5. The quantitative estimate of drug-likeness (QED) is 0.296.